The van der Waals surface area contributed by atoms with Gasteiger partial charge >= 0.3 is 0 Å². The molecule has 6 aromatic rings. The molecule has 0 bridgehead atoms. The van der Waals surface area contributed by atoms with Crippen molar-refractivity contribution in [3.63, 3.8) is 0 Å². The number of aromatic nitrogens is 2. The van der Waals surface area contributed by atoms with E-state index in [1.807, 2.05) is 18.5 Å². The van der Waals surface area contributed by atoms with Crippen LogP contribution >= 0.6 is 0 Å². The van der Waals surface area contributed by atoms with Crippen molar-refractivity contribution in [1.29, 1.82) is 0 Å². The third kappa shape index (κ3) is 3.85. The summed E-state index contributed by atoms with van der Waals surface area (Å²) in [7, 11) is 0. The molecule has 0 aliphatic heterocycles. The Kier molecular flexibility index (Phi) is 5.38. The Morgan fingerprint density at radius 3 is 2.17 bits per heavy atom. The van der Waals surface area contributed by atoms with Crippen LogP contribution in [0.2, 0.25) is 0 Å². The fourth-order valence-corrected chi connectivity index (χ4v) is 5.06. The summed E-state index contributed by atoms with van der Waals surface area (Å²) in [4.78, 5) is 9.39. The minimum atomic E-state index is 1.01. The van der Waals surface area contributed by atoms with E-state index >= 15 is 0 Å². The molecule has 0 aliphatic rings. The Morgan fingerprint density at radius 1 is 0.500 bits per heavy atom. The van der Waals surface area contributed by atoms with Gasteiger partial charge < -0.3 is 0 Å². The van der Waals surface area contributed by atoms with Crippen LogP contribution < -0.4 is 0 Å². The molecule has 4 aromatic carbocycles. The molecule has 0 atom stereocenters. The third-order valence-electron chi connectivity index (χ3n) is 7.27. The Labute approximate surface area is 212 Å². The molecular weight excluding hydrogens is 436 g/mol. The normalized spacial score (nSPS) is 11.3. The number of nitrogens with zero attached hydrogens (tertiary/aromatic N) is 2. The predicted octanol–water partition coefficient (Wildman–Crippen LogP) is 9.02. The standard InChI is InChI=1S/C34H28N2/c1-21-10-13-28-29-9-6-14-35-34(29)19-31(32(28)15-21)26-8-5-7-25(17-26)30-18-27(12-11-22(30)2)33-16-23(3)24(4)20-36-33/h5-20H,1-4H3. The molecule has 36 heavy (non-hydrogen) atoms. The first-order valence-electron chi connectivity index (χ1n) is 12.4. The Morgan fingerprint density at radius 2 is 1.33 bits per heavy atom. The lowest BCUT2D eigenvalue weighted by molar-refractivity contribution is 1.22. The summed E-state index contributed by atoms with van der Waals surface area (Å²) < 4.78 is 0. The highest BCUT2D eigenvalue weighted by molar-refractivity contribution is 6.13. The first kappa shape index (κ1) is 22.2. The highest BCUT2D eigenvalue weighted by Crippen LogP contribution is 2.37. The fraction of sp³-hybridized carbons (Fsp3) is 0.118. The number of hydrogen-bond donors (Lipinski definition) is 0. The van der Waals surface area contributed by atoms with Gasteiger partial charge in [0.15, 0.2) is 0 Å². The molecule has 2 aromatic heterocycles. The van der Waals surface area contributed by atoms with Crippen molar-refractivity contribution in [3.05, 3.63) is 120 Å². The minimum absolute atomic E-state index is 1.01. The van der Waals surface area contributed by atoms with Crippen LogP contribution in [0.5, 0.6) is 0 Å². The number of benzene rings is 4. The van der Waals surface area contributed by atoms with Crippen LogP contribution in [-0.2, 0) is 0 Å². The topological polar surface area (TPSA) is 25.8 Å². The first-order chi connectivity index (χ1) is 17.5. The van der Waals surface area contributed by atoms with E-state index in [0.29, 0.717) is 0 Å². The van der Waals surface area contributed by atoms with Gasteiger partial charge in [0.05, 0.1) is 11.2 Å². The van der Waals surface area contributed by atoms with Gasteiger partial charge in [0.2, 0.25) is 0 Å². The molecular formula is C34H28N2. The molecule has 0 N–H and O–H groups in total. The zero-order chi connectivity index (χ0) is 24.8. The van der Waals surface area contributed by atoms with Crippen LogP contribution in [0, 0.1) is 27.7 Å². The van der Waals surface area contributed by atoms with Crippen molar-refractivity contribution in [2.75, 3.05) is 0 Å². The zero-order valence-electron chi connectivity index (χ0n) is 21.1. The van der Waals surface area contributed by atoms with Crippen molar-refractivity contribution >= 4 is 21.7 Å². The molecule has 0 fully saturated rings. The number of pyridine rings is 2. The summed E-state index contributed by atoms with van der Waals surface area (Å²) in [6.45, 7) is 8.58. The molecule has 2 nitrogen and oxygen atoms in total. The molecule has 2 heteroatoms. The van der Waals surface area contributed by atoms with Crippen molar-refractivity contribution in [3.8, 4) is 33.5 Å². The molecule has 2 heterocycles. The summed E-state index contributed by atoms with van der Waals surface area (Å²) in [5.74, 6) is 0. The summed E-state index contributed by atoms with van der Waals surface area (Å²) >= 11 is 0. The maximum atomic E-state index is 4.70. The number of hydrogen-bond acceptors (Lipinski definition) is 2. The molecule has 0 saturated heterocycles. The highest BCUT2D eigenvalue weighted by Gasteiger charge is 2.12. The molecule has 0 saturated carbocycles. The van der Waals surface area contributed by atoms with Crippen molar-refractivity contribution < 1.29 is 0 Å². The average Bonchev–Trinajstić information content (AvgIpc) is 2.90. The largest absolute Gasteiger partial charge is 0.256 e. The lowest BCUT2D eigenvalue weighted by atomic mass is 9.91. The van der Waals surface area contributed by atoms with Crippen LogP contribution in [0.15, 0.2) is 97.3 Å². The quantitative estimate of drug-likeness (QED) is 0.244. The molecule has 0 spiro atoms. The second-order valence-corrected chi connectivity index (χ2v) is 9.81. The summed E-state index contributed by atoms with van der Waals surface area (Å²) in [6.07, 6.45) is 3.84. The maximum absolute atomic E-state index is 4.70. The van der Waals surface area contributed by atoms with Crippen LogP contribution in [0.3, 0.4) is 0 Å². The molecule has 0 aliphatic carbocycles. The number of aryl methyl sites for hydroxylation is 4. The van der Waals surface area contributed by atoms with Gasteiger partial charge in [-0.3, -0.25) is 9.97 Å². The van der Waals surface area contributed by atoms with E-state index in [2.05, 4.69) is 112 Å². The highest BCUT2D eigenvalue weighted by atomic mass is 14.7. The number of fused-ring (bicyclic) bond motifs is 3. The van der Waals surface area contributed by atoms with Gasteiger partial charge in [-0.25, -0.2) is 0 Å². The maximum Gasteiger partial charge on any atom is 0.0714 e. The van der Waals surface area contributed by atoms with Crippen molar-refractivity contribution in [2.45, 2.75) is 27.7 Å². The Balaban J connectivity index is 1.53. The SMILES string of the molecule is Cc1ccc2c(c1)c(-c1cccc(-c3cc(-c4cc(C)c(C)cn4)ccc3C)c1)cc1ncccc12. The van der Waals surface area contributed by atoms with E-state index < -0.39 is 0 Å². The van der Waals surface area contributed by atoms with Gasteiger partial charge in [0.25, 0.3) is 0 Å². The molecule has 0 unspecified atom stereocenters. The summed E-state index contributed by atoms with van der Waals surface area (Å²) in [5, 5.41) is 3.69. The molecule has 174 valence electrons. The van der Waals surface area contributed by atoms with E-state index in [4.69, 9.17) is 4.98 Å². The Bertz CT molecular complexity index is 1780. The van der Waals surface area contributed by atoms with E-state index in [-0.39, 0.29) is 0 Å². The molecule has 0 radical (unpaired) electrons. The lowest BCUT2D eigenvalue weighted by Gasteiger charge is -2.14. The second kappa shape index (κ2) is 8.73. The van der Waals surface area contributed by atoms with Crippen LogP contribution in [0.1, 0.15) is 22.3 Å². The molecule has 0 amide bonds. The summed E-state index contributed by atoms with van der Waals surface area (Å²) in [6, 6.07) is 30.8. The van der Waals surface area contributed by atoms with Crippen molar-refractivity contribution in [2.24, 2.45) is 0 Å². The van der Waals surface area contributed by atoms with Gasteiger partial charge in [-0.05, 0) is 108 Å². The Hall–Kier alpha value is -4.30. The smallest absolute Gasteiger partial charge is 0.0714 e. The summed E-state index contributed by atoms with van der Waals surface area (Å²) in [5.41, 5.74) is 13.0. The van der Waals surface area contributed by atoms with E-state index in [9.17, 15) is 0 Å². The minimum Gasteiger partial charge on any atom is -0.256 e. The fourth-order valence-electron chi connectivity index (χ4n) is 5.06. The van der Waals surface area contributed by atoms with E-state index in [1.54, 1.807) is 0 Å². The van der Waals surface area contributed by atoms with Crippen LogP contribution in [0.4, 0.5) is 0 Å². The predicted molar refractivity (Wildman–Crippen MR) is 152 cm³/mol. The van der Waals surface area contributed by atoms with Gasteiger partial charge in [-0.15, -0.1) is 0 Å². The molecule has 6 rings (SSSR count). The lowest BCUT2D eigenvalue weighted by Crippen LogP contribution is -1.91. The van der Waals surface area contributed by atoms with Gasteiger partial charge in [-0.1, -0.05) is 60.2 Å². The van der Waals surface area contributed by atoms with Gasteiger partial charge in [0.1, 0.15) is 0 Å². The second-order valence-electron chi connectivity index (χ2n) is 9.81. The average molecular weight is 465 g/mol. The number of rotatable bonds is 3. The van der Waals surface area contributed by atoms with Crippen LogP contribution in [-0.4, -0.2) is 9.97 Å². The third-order valence-corrected chi connectivity index (χ3v) is 7.27. The van der Waals surface area contributed by atoms with Gasteiger partial charge in [-0.2, -0.15) is 0 Å². The van der Waals surface area contributed by atoms with E-state index in [1.165, 1.54) is 60.7 Å². The monoisotopic (exact) mass is 464 g/mol. The zero-order valence-corrected chi connectivity index (χ0v) is 21.1. The van der Waals surface area contributed by atoms with Gasteiger partial charge in [0, 0.05) is 23.3 Å². The first-order valence-corrected chi connectivity index (χ1v) is 12.4. The van der Waals surface area contributed by atoms with Crippen molar-refractivity contribution in [1.82, 2.24) is 9.97 Å². The van der Waals surface area contributed by atoms with E-state index in [0.717, 1.165) is 16.8 Å². The van der Waals surface area contributed by atoms with Crippen LogP contribution in [0.25, 0.3) is 55.2 Å².